The molecule has 11 nitrogen and oxygen atoms in total. The molecule has 43 heavy (non-hydrogen) atoms. The summed E-state index contributed by atoms with van der Waals surface area (Å²) in [6, 6.07) is 11.1. The van der Waals surface area contributed by atoms with Gasteiger partial charge in [0.05, 0.1) is 0 Å². The number of anilines is 2. The number of carbonyl (C=O) groups is 3. The van der Waals surface area contributed by atoms with Crippen LogP contribution in [-0.2, 0) is 9.59 Å². The molecule has 2 aliphatic rings. The topological polar surface area (TPSA) is 148 Å². The number of benzene rings is 1. The van der Waals surface area contributed by atoms with Crippen LogP contribution in [0.4, 0.5) is 11.6 Å². The minimum absolute atomic E-state index is 0.0948. The van der Waals surface area contributed by atoms with Gasteiger partial charge in [-0.3, -0.25) is 18.8 Å². The Bertz CT molecular complexity index is 1680. The van der Waals surface area contributed by atoms with Crippen molar-refractivity contribution in [1.82, 2.24) is 29.6 Å². The Kier molecular flexibility index (Phi) is 7.79. The minimum atomic E-state index is -0.577. The fourth-order valence-electron chi connectivity index (χ4n) is 5.62. The molecule has 1 aliphatic heterocycles. The van der Waals surface area contributed by atoms with Gasteiger partial charge in [-0.15, -0.1) is 0 Å². The number of rotatable bonds is 7. The summed E-state index contributed by atoms with van der Waals surface area (Å²) in [7, 11) is 0. The number of likely N-dealkylation sites (tertiary alicyclic amines) is 1. The lowest BCUT2D eigenvalue weighted by Gasteiger charge is -2.31. The van der Waals surface area contributed by atoms with Crippen LogP contribution in [0.1, 0.15) is 73.1 Å². The molecule has 0 radical (unpaired) electrons. The van der Waals surface area contributed by atoms with E-state index < -0.39 is 11.8 Å². The van der Waals surface area contributed by atoms with E-state index in [2.05, 4.69) is 20.6 Å². The summed E-state index contributed by atoms with van der Waals surface area (Å²) in [5, 5.41) is 5.62. The minimum Gasteiger partial charge on any atom is -0.382 e. The van der Waals surface area contributed by atoms with Gasteiger partial charge in [0.25, 0.3) is 5.91 Å². The van der Waals surface area contributed by atoms with Crippen LogP contribution in [0.2, 0.25) is 0 Å². The average molecular weight is 581 g/mol. The summed E-state index contributed by atoms with van der Waals surface area (Å²) < 4.78 is 1.92. The van der Waals surface area contributed by atoms with Gasteiger partial charge >= 0.3 is 11.8 Å². The van der Waals surface area contributed by atoms with Crippen LogP contribution < -0.4 is 16.4 Å². The van der Waals surface area contributed by atoms with Crippen LogP contribution in [0.15, 0.2) is 55.0 Å². The predicted molar refractivity (Wildman–Crippen MR) is 163 cm³/mol. The lowest BCUT2D eigenvalue weighted by molar-refractivity contribution is -0.146. The van der Waals surface area contributed by atoms with Crippen molar-refractivity contribution >= 4 is 34.9 Å². The van der Waals surface area contributed by atoms with Crippen molar-refractivity contribution in [2.45, 2.75) is 51.4 Å². The molecule has 6 rings (SSSR count). The molecule has 0 spiro atoms. The van der Waals surface area contributed by atoms with Gasteiger partial charge in [0, 0.05) is 55.3 Å². The van der Waals surface area contributed by atoms with Crippen molar-refractivity contribution in [2.75, 3.05) is 30.7 Å². The van der Waals surface area contributed by atoms with Gasteiger partial charge in [-0.2, -0.15) is 0 Å². The molecule has 1 saturated heterocycles. The highest BCUT2D eigenvalue weighted by atomic mass is 16.2. The number of aromatic nitrogens is 4. The third-order valence-corrected chi connectivity index (χ3v) is 8.04. The third-order valence-electron chi connectivity index (χ3n) is 8.04. The monoisotopic (exact) mass is 580 g/mol. The van der Waals surface area contributed by atoms with E-state index in [0.717, 1.165) is 24.2 Å². The number of imidazole rings is 1. The summed E-state index contributed by atoms with van der Waals surface area (Å²) in [4.78, 5) is 53.6. The number of hydrogen-bond acceptors (Lipinski definition) is 7. The molecule has 4 N–H and O–H groups in total. The number of amides is 3. The third kappa shape index (κ3) is 6.06. The van der Waals surface area contributed by atoms with Gasteiger partial charge in [0.1, 0.15) is 28.7 Å². The van der Waals surface area contributed by atoms with Gasteiger partial charge in [-0.25, -0.2) is 15.0 Å². The number of piperidine rings is 1. The number of nitrogen functional groups attached to an aromatic ring is 1. The molecule has 1 aromatic carbocycles. The van der Waals surface area contributed by atoms with E-state index in [4.69, 9.17) is 10.7 Å². The van der Waals surface area contributed by atoms with Crippen LogP contribution >= 0.6 is 0 Å². The molecule has 0 unspecified atom stereocenters. The maximum Gasteiger partial charge on any atom is 0.311 e. The fraction of sp³-hybridized carbons (Fsp3) is 0.375. The second kappa shape index (κ2) is 11.8. The van der Waals surface area contributed by atoms with Gasteiger partial charge in [-0.05, 0) is 67.3 Å². The first kappa shape index (κ1) is 28.3. The van der Waals surface area contributed by atoms with Gasteiger partial charge < -0.3 is 21.3 Å². The van der Waals surface area contributed by atoms with Crippen LogP contribution in [-0.4, -0.2) is 61.6 Å². The molecule has 3 amide bonds. The Morgan fingerprint density at radius 3 is 2.56 bits per heavy atom. The van der Waals surface area contributed by atoms with Crippen LogP contribution in [0.3, 0.4) is 0 Å². The normalized spacial score (nSPS) is 16.8. The standard InChI is InChI=1S/C32H36N8O3/c1-19(2)17-36-31(42)32(43)39-14-3-4-24(18-39)29-38-26(27-28(33)35-13-15-40(27)29)21-7-9-22(10-8-21)30(41)37-25-16-23(11-12-34-25)20-5-6-20/h7-13,15-16,19-20,24H,3-6,14,17-18H2,1-2H3,(H2,33,35)(H,36,42)(H,34,37,41)/t24-/m1/s1. The zero-order chi connectivity index (χ0) is 30.1. The number of nitrogens with zero attached hydrogens (tertiary/aromatic N) is 5. The Labute approximate surface area is 249 Å². The largest absolute Gasteiger partial charge is 0.382 e. The maximum absolute atomic E-state index is 13.0. The highest BCUT2D eigenvalue weighted by Gasteiger charge is 2.32. The molecule has 1 aliphatic carbocycles. The molecular formula is C32H36N8O3. The smallest absolute Gasteiger partial charge is 0.311 e. The van der Waals surface area contributed by atoms with Crippen molar-refractivity contribution in [2.24, 2.45) is 5.92 Å². The van der Waals surface area contributed by atoms with E-state index in [1.54, 1.807) is 29.4 Å². The Hall–Kier alpha value is -4.80. The number of nitrogens with two attached hydrogens (primary N) is 1. The summed E-state index contributed by atoms with van der Waals surface area (Å²) in [6.45, 7) is 5.32. The summed E-state index contributed by atoms with van der Waals surface area (Å²) in [6.07, 6.45) is 9.09. The molecule has 4 heterocycles. The molecule has 1 saturated carbocycles. The number of carbonyl (C=O) groups excluding carboxylic acids is 3. The molecule has 3 aromatic heterocycles. The first-order valence-corrected chi connectivity index (χ1v) is 14.9. The molecule has 0 bridgehead atoms. The zero-order valence-electron chi connectivity index (χ0n) is 24.4. The lowest BCUT2D eigenvalue weighted by atomic mass is 9.97. The summed E-state index contributed by atoms with van der Waals surface area (Å²) >= 11 is 0. The van der Waals surface area contributed by atoms with E-state index >= 15 is 0 Å². The van der Waals surface area contributed by atoms with E-state index in [9.17, 15) is 14.4 Å². The molecule has 2 fully saturated rings. The van der Waals surface area contributed by atoms with Crippen molar-refractivity contribution in [3.05, 3.63) is 71.9 Å². The first-order chi connectivity index (χ1) is 20.8. The quantitative estimate of drug-likeness (QED) is 0.280. The Morgan fingerprint density at radius 1 is 1.02 bits per heavy atom. The van der Waals surface area contributed by atoms with Crippen molar-refractivity contribution in [3.8, 4) is 11.3 Å². The van der Waals surface area contributed by atoms with E-state index in [0.29, 0.717) is 54.0 Å². The number of pyridine rings is 1. The van der Waals surface area contributed by atoms with Crippen LogP contribution in [0, 0.1) is 5.92 Å². The van der Waals surface area contributed by atoms with Crippen LogP contribution in [0.5, 0.6) is 0 Å². The highest BCUT2D eigenvalue weighted by molar-refractivity contribution is 6.35. The zero-order valence-corrected chi connectivity index (χ0v) is 24.4. The molecule has 4 aromatic rings. The van der Waals surface area contributed by atoms with Gasteiger partial charge in [0.2, 0.25) is 0 Å². The molecule has 11 heteroatoms. The first-order valence-electron chi connectivity index (χ1n) is 14.9. The van der Waals surface area contributed by atoms with E-state index in [1.165, 1.54) is 18.4 Å². The lowest BCUT2D eigenvalue weighted by Crippen LogP contribution is -2.47. The second-order valence-electron chi connectivity index (χ2n) is 11.8. The SMILES string of the molecule is CC(C)CNC(=O)C(=O)N1CCC[C@@H](c2nc(-c3ccc(C(=O)Nc4cc(C5CC5)ccn4)cc3)c3c(N)nccn23)C1. The highest BCUT2D eigenvalue weighted by Crippen LogP contribution is 2.40. The molecule has 222 valence electrons. The van der Waals surface area contributed by atoms with Crippen LogP contribution in [0.25, 0.3) is 16.8 Å². The fourth-order valence-corrected chi connectivity index (χ4v) is 5.62. The number of nitrogens with one attached hydrogen (secondary N) is 2. The Balaban J connectivity index is 1.23. The van der Waals surface area contributed by atoms with E-state index in [-0.39, 0.29) is 17.7 Å². The van der Waals surface area contributed by atoms with E-state index in [1.807, 2.05) is 48.7 Å². The number of hydrogen-bond donors (Lipinski definition) is 3. The maximum atomic E-state index is 13.0. The van der Waals surface area contributed by atoms with Crippen molar-refractivity contribution in [3.63, 3.8) is 0 Å². The van der Waals surface area contributed by atoms with Crippen molar-refractivity contribution < 1.29 is 14.4 Å². The molecule has 1 atom stereocenters. The van der Waals surface area contributed by atoms with Gasteiger partial charge in [-0.1, -0.05) is 26.0 Å². The number of fused-ring (bicyclic) bond motifs is 1. The van der Waals surface area contributed by atoms with Crippen molar-refractivity contribution in [1.29, 1.82) is 0 Å². The van der Waals surface area contributed by atoms with Gasteiger partial charge in [0.15, 0.2) is 0 Å². The summed E-state index contributed by atoms with van der Waals surface area (Å²) in [5.74, 6) is 1.02. The average Bonchev–Trinajstić information content (AvgIpc) is 3.80. The summed E-state index contributed by atoms with van der Waals surface area (Å²) in [5.41, 5.74) is 10.1. The Morgan fingerprint density at radius 2 is 1.81 bits per heavy atom. The molecular weight excluding hydrogens is 544 g/mol. The second-order valence-corrected chi connectivity index (χ2v) is 11.8. The predicted octanol–water partition coefficient (Wildman–Crippen LogP) is 3.98.